The van der Waals surface area contributed by atoms with Crippen LogP contribution in [0.5, 0.6) is 0 Å². The fourth-order valence-corrected chi connectivity index (χ4v) is 1.90. The van der Waals surface area contributed by atoms with E-state index >= 15 is 0 Å². The first-order chi connectivity index (χ1) is 11.6. The van der Waals surface area contributed by atoms with E-state index in [-0.39, 0.29) is 13.0 Å². The van der Waals surface area contributed by atoms with E-state index in [2.05, 4.69) is 15.4 Å². The molecule has 0 aliphatic rings. The first kappa shape index (κ1) is 20.4. The third-order valence-electron chi connectivity index (χ3n) is 2.97. The molecule has 0 aliphatic carbocycles. The Morgan fingerprint density at radius 1 is 1.16 bits per heavy atom. The Balaban J connectivity index is 2.59. The summed E-state index contributed by atoms with van der Waals surface area (Å²) in [6, 6.07) is 4.58. The van der Waals surface area contributed by atoms with Crippen molar-refractivity contribution in [3.63, 3.8) is 0 Å². The molecule has 1 aromatic carbocycles. The molecule has 0 spiro atoms. The molecule has 0 aromatic heterocycles. The van der Waals surface area contributed by atoms with Crippen LogP contribution in [0, 0.1) is 5.82 Å². The van der Waals surface area contributed by atoms with Gasteiger partial charge in [0.05, 0.1) is 7.11 Å². The number of benzene rings is 1. The van der Waals surface area contributed by atoms with Gasteiger partial charge in [0.2, 0.25) is 5.91 Å². The van der Waals surface area contributed by atoms with Crippen molar-refractivity contribution < 1.29 is 28.2 Å². The number of carbonyl (C=O) groups is 3. The first-order valence-corrected chi connectivity index (χ1v) is 7.69. The number of esters is 1. The second-order valence-corrected chi connectivity index (χ2v) is 6.33. The molecular weight excluding hydrogens is 331 g/mol. The van der Waals surface area contributed by atoms with Gasteiger partial charge < -0.3 is 20.1 Å². The lowest BCUT2D eigenvalue weighted by Crippen LogP contribution is -2.47. The highest BCUT2D eigenvalue weighted by Gasteiger charge is 2.23. The van der Waals surface area contributed by atoms with E-state index in [0.29, 0.717) is 5.56 Å². The van der Waals surface area contributed by atoms with Crippen molar-refractivity contribution in [1.29, 1.82) is 0 Å². The van der Waals surface area contributed by atoms with Crippen molar-refractivity contribution >= 4 is 18.0 Å². The fourth-order valence-electron chi connectivity index (χ4n) is 1.90. The number of methoxy groups -OCH3 is 1. The van der Waals surface area contributed by atoms with E-state index in [9.17, 15) is 18.8 Å². The number of amides is 2. The zero-order chi connectivity index (χ0) is 19.0. The van der Waals surface area contributed by atoms with Crippen LogP contribution in [0.4, 0.5) is 9.18 Å². The summed E-state index contributed by atoms with van der Waals surface area (Å²) in [6.45, 7) is 4.74. The van der Waals surface area contributed by atoms with E-state index in [1.54, 1.807) is 20.8 Å². The van der Waals surface area contributed by atoms with Gasteiger partial charge in [0.25, 0.3) is 0 Å². The molecule has 2 amide bonds. The normalized spacial score (nSPS) is 12.0. The summed E-state index contributed by atoms with van der Waals surface area (Å²) in [5.41, 5.74) is -0.0327. The van der Waals surface area contributed by atoms with E-state index in [4.69, 9.17) is 4.74 Å². The van der Waals surface area contributed by atoms with E-state index < -0.39 is 35.4 Å². The van der Waals surface area contributed by atoms with Gasteiger partial charge in [-0.1, -0.05) is 12.1 Å². The van der Waals surface area contributed by atoms with Gasteiger partial charge in [0.1, 0.15) is 24.0 Å². The number of hydrogen-bond acceptors (Lipinski definition) is 5. The molecule has 0 saturated heterocycles. The maximum atomic E-state index is 12.9. The Labute approximate surface area is 145 Å². The van der Waals surface area contributed by atoms with Crippen molar-refractivity contribution in [2.45, 2.75) is 38.8 Å². The summed E-state index contributed by atoms with van der Waals surface area (Å²) in [5, 5.41) is 4.77. The smallest absolute Gasteiger partial charge is 0.408 e. The van der Waals surface area contributed by atoms with E-state index in [1.807, 2.05) is 0 Å². The number of hydrogen-bond donors (Lipinski definition) is 2. The molecule has 1 rings (SSSR count). The molecule has 1 atom stereocenters. The van der Waals surface area contributed by atoms with Gasteiger partial charge >= 0.3 is 12.1 Å². The summed E-state index contributed by atoms with van der Waals surface area (Å²) in [6.07, 6.45) is -0.610. The van der Waals surface area contributed by atoms with Crippen molar-refractivity contribution in [2.24, 2.45) is 0 Å². The molecular formula is C17H23FN2O5. The van der Waals surface area contributed by atoms with Crippen LogP contribution in [0.1, 0.15) is 26.3 Å². The van der Waals surface area contributed by atoms with Gasteiger partial charge in [-0.05, 0) is 38.5 Å². The number of rotatable bonds is 6. The predicted octanol–water partition coefficient (Wildman–Crippen LogP) is 1.55. The van der Waals surface area contributed by atoms with Crippen molar-refractivity contribution in [2.75, 3.05) is 13.7 Å². The molecule has 25 heavy (non-hydrogen) atoms. The largest absolute Gasteiger partial charge is 0.467 e. The summed E-state index contributed by atoms with van der Waals surface area (Å²) in [4.78, 5) is 35.3. The number of halogens is 1. The molecule has 1 aromatic rings. The van der Waals surface area contributed by atoms with Crippen LogP contribution in [0.2, 0.25) is 0 Å². The zero-order valence-electron chi connectivity index (χ0n) is 14.7. The number of carbonyl (C=O) groups excluding carboxylic acids is 3. The minimum absolute atomic E-state index is 0.130. The van der Waals surface area contributed by atoms with Crippen molar-refractivity contribution in [1.82, 2.24) is 10.6 Å². The highest BCUT2D eigenvalue weighted by Crippen LogP contribution is 2.08. The van der Waals surface area contributed by atoms with Crippen LogP contribution in [-0.4, -0.2) is 43.3 Å². The van der Waals surface area contributed by atoms with E-state index in [0.717, 1.165) is 0 Å². The van der Waals surface area contributed by atoms with Crippen molar-refractivity contribution in [3.05, 3.63) is 35.6 Å². The lowest BCUT2D eigenvalue weighted by atomic mass is 10.1. The van der Waals surface area contributed by atoms with Gasteiger partial charge in [-0.3, -0.25) is 4.79 Å². The zero-order valence-corrected chi connectivity index (χ0v) is 14.7. The summed E-state index contributed by atoms with van der Waals surface area (Å²) in [5.74, 6) is -1.62. The maximum Gasteiger partial charge on any atom is 0.408 e. The Bertz CT molecular complexity index is 610. The third kappa shape index (κ3) is 8.14. The van der Waals surface area contributed by atoms with Gasteiger partial charge in [-0.15, -0.1) is 0 Å². The van der Waals surface area contributed by atoms with Gasteiger partial charge in [-0.2, -0.15) is 0 Å². The standard InChI is InChI=1S/C17H23FN2O5/c1-17(2,3)25-16(23)19-10-14(21)20-13(15(22)24-4)9-11-5-7-12(18)8-6-11/h5-8,13H,9-10H2,1-4H3,(H,19,23)(H,20,21). The lowest BCUT2D eigenvalue weighted by Gasteiger charge is -2.20. The Kier molecular flexibility index (Phi) is 7.35. The topological polar surface area (TPSA) is 93.7 Å². The average molecular weight is 354 g/mol. The molecule has 2 N–H and O–H groups in total. The molecule has 7 nitrogen and oxygen atoms in total. The first-order valence-electron chi connectivity index (χ1n) is 7.69. The Morgan fingerprint density at radius 2 is 1.76 bits per heavy atom. The number of ether oxygens (including phenoxy) is 2. The fraction of sp³-hybridized carbons (Fsp3) is 0.471. The van der Waals surface area contributed by atoms with Crippen molar-refractivity contribution in [3.8, 4) is 0 Å². The maximum absolute atomic E-state index is 12.9. The quantitative estimate of drug-likeness (QED) is 0.756. The lowest BCUT2D eigenvalue weighted by molar-refractivity contribution is -0.144. The van der Waals surface area contributed by atoms with E-state index in [1.165, 1.54) is 31.4 Å². The Hall–Kier alpha value is -2.64. The molecule has 0 fully saturated rings. The average Bonchev–Trinajstić information content (AvgIpc) is 2.52. The highest BCUT2D eigenvalue weighted by atomic mass is 19.1. The minimum Gasteiger partial charge on any atom is -0.467 e. The van der Waals surface area contributed by atoms with Gasteiger partial charge in [-0.25, -0.2) is 14.0 Å². The van der Waals surface area contributed by atoms with Crippen LogP contribution in [0.15, 0.2) is 24.3 Å². The molecule has 138 valence electrons. The summed E-state index contributed by atoms with van der Waals surface area (Å²) < 4.78 is 22.6. The highest BCUT2D eigenvalue weighted by molar-refractivity contribution is 5.87. The van der Waals surface area contributed by atoms with Gasteiger partial charge in [0, 0.05) is 6.42 Å². The molecule has 8 heteroatoms. The third-order valence-corrected chi connectivity index (χ3v) is 2.97. The minimum atomic E-state index is -0.955. The van der Waals surface area contributed by atoms with Crippen LogP contribution in [0.25, 0.3) is 0 Å². The second kappa shape index (κ2) is 9.00. The van der Waals surface area contributed by atoms with Crippen LogP contribution in [0.3, 0.4) is 0 Å². The molecule has 0 bridgehead atoms. The van der Waals surface area contributed by atoms with Crippen LogP contribution in [-0.2, 0) is 25.5 Å². The van der Waals surface area contributed by atoms with Crippen LogP contribution < -0.4 is 10.6 Å². The number of alkyl carbamates (subject to hydrolysis) is 1. The monoisotopic (exact) mass is 354 g/mol. The molecule has 0 saturated carbocycles. The van der Waals surface area contributed by atoms with Crippen LogP contribution >= 0.6 is 0 Å². The molecule has 0 radical (unpaired) electrons. The predicted molar refractivity (Wildman–Crippen MR) is 88.3 cm³/mol. The summed E-state index contributed by atoms with van der Waals surface area (Å²) in [7, 11) is 1.20. The second-order valence-electron chi connectivity index (χ2n) is 6.33. The summed E-state index contributed by atoms with van der Waals surface area (Å²) >= 11 is 0. The number of nitrogens with one attached hydrogen (secondary N) is 2. The van der Waals surface area contributed by atoms with Gasteiger partial charge in [0.15, 0.2) is 0 Å². The molecule has 0 heterocycles. The SMILES string of the molecule is COC(=O)C(Cc1ccc(F)cc1)NC(=O)CNC(=O)OC(C)(C)C. The molecule has 0 aliphatic heterocycles. The molecule has 1 unspecified atom stereocenters. The Morgan fingerprint density at radius 3 is 2.28 bits per heavy atom.